The molecule has 168 valence electrons. The highest BCUT2D eigenvalue weighted by molar-refractivity contribution is 5.79. The van der Waals surface area contributed by atoms with E-state index >= 15 is 0 Å². The van der Waals surface area contributed by atoms with Crippen LogP contribution >= 0.6 is 0 Å². The van der Waals surface area contributed by atoms with E-state index < -0.39 is 5.82 Å². The number of methoxy groups -OCH3 is 1. The van der Waals surface area contributed by atoms with Gasteiger partial charge >= 0.3 is 0 Å². The molecule has 5 rings (SSSR count). The molecule has 0 fully saturated rings. The van der Waals surface area contributed by atoms with Crippen LogP contribution in [0.3, 0.4) is 0 Å². The van der Waals surface area contributed by atoms with Crippen LogP contribution in [0.15, 0.2) is 53.1 Å². The molecule has 33 heavy (non-hydrogen) atoms. The lowest BCUT2D eigenvalue weighted by Gasteiger charge is -2.27. The van der Waals surface area contributed by atoms with Gasteiger partial charge in [-0.3, -0.25) is 9.48 Å². The highest BCUT2D eigenvalue weighted by Gasteiger charge is 2.29. The van der Waals surface area contributed by atoms with E-state index in [9.17, 15) is 9.18 Å². The Hall–Kier alpha value is -4.01. The van der Waals surface area contributed by atoms with E-state index in [1.165, 1.54) is 6.07 Å². The Kier molecular flexibility index (Phi) is 5.37. The van der Waals surface area contributed by atoms with Crippen LogP contribution in [-0.4, -0.2) is 44.4 Å². The van der Waals surface area contributed by atoms with E-state index in [-0.39, 0.29) is 23.2 Å². The Morgan fingerprint density at radius 2 is 1.97 bits per heavy atom. The number of fused-ring (bicyclic) bond motifs is 1. The summed E-state index contributed by atoms with van der Waals surface area (Å²) >= 11 is 0. The summed E-state index contributed by atoms with van der Waals surface area (Å²) in [6, 6.07) is 13.7. The number of rotatable bonds is 5. The van der Waals surface area contributed by atoms with Gasteiger partial charge < -0.3 is 14.2 Å². The van der Waals surface area contributed by atoms with Crippen LogP contribution in [0.25, 0.3) is 23.0 Å². The molecule has 4 aromatic rings. The first-order valence-electron chi connectivity index (χ1n) is 10.6. The molecule has 8 nitrogen and oxygen atoms in total. The molecule has 9 heteroatoms. The predicted octanol–water partition coefficient (Wildman–Crippen LogP) is 3.41. The van der Waals surface area contributed by atoms with Crippen LogP contribution in [0, 0.1) is 5.82 Å². The Morgan fingerprint density at radius 3 is 2.73 bits per heavy atom. The quantitative estimate of drug-likeness (QED) is 0.466. The SMILES string of the molecule is COc1ccc(CC(=O)N2CCc3c(c(-c4nc(-c5ccccc5F)no4)nn3C)C2)cc1. The first-order chi connectivity index (χ1) is 16.0. The van der Waals surface area contributed by atoms with Crippen molar-refractivity contribution in [1.29, 1.82) is 0 Å². The Balaban J connectivity index is 1.38. The van der Waals surface area contributed by atoms with Crippen molar-refractivity contribution >= 4 is 5.91 Å². The van der Waals surface area contributed by atoms with E-state index in [0.29, 0.717) is 31.6 Å². The molecule has 1 aliphatic heterocycles. The minimum Gasteiger partial charge on any atom is -0.497 e. The van der Waals surface area contributed by atoms with E-state index in [1.54, 1.807) is 30.0 Å². The molecule has 0 unspecified atom stereocenters. The number of hydrogen-bond acceptors (Lipinski definition) is 6. The summed E-state index contributed by atoms with van der Waals surface area (Å²) < 4.78 is 26.5. The number of benzene rings is 2. The third-order valence-corrected chi connectivity index (χ3v) is 5.85. The zero-order valence-electron chi connectivity index (χ0n) is 18.3. The molecule has 0 saturated carbocycles. The van der Waals surface area contributed by atoms with Crippen LogP contribution < -0.4 is 4.74 Å². The van der Waals surface area contributed by atoms with Crippen molar-refractivity contribution in [2.24, 2.45) is 7.05 Å². The molecule has 0 bridgehead atoms. The Labute approximate surface area is 189 Å². The molecule has 1 aliphatic rings. The van der Waals surface area contributed by atoms with Crippen LogP contribution in [0.4, 0.5) is 4.39 Å². The summed E-state index contributed by atoms with van der Waals surface area (Å²) in [7, 11) is 3.46. The summed E-state index contributed by atoms with van der Waals surface area (Å²) in [5.41, 5.74) is 3.59. The second-order valence-electron chi connectivity index (χ2n) is 7.89. The molecule has 3 heterocycles. The van der Waals surface area contributed by atoms with Gasteiger partial charge in [0.2, 0.25) is 11.7 Å². The standard InChI is InChI=1S/C24H22FN5O3/c1-29-20-11-12-30(21(31)13-15-7-9-16(32-2)10-8-15)14-18(20)22(27-29)24-26-23(28-33-24)17-5-3-4-6-19(17)25/h3-10H,11-14H2,1-2H3. The second kappa shape index (κ2) is 8.50. The summed E-state index contributed by atoms with van der Waals surface area (Å²) in [6.45, 7) is 0.996. The number of amides is 1. The Morgan fingerprint density at radius 1 is 1.18 bits per heavy atom. The average molecular weight is 447 g/mol. The molecule has 0 aliphatic carbocycles. The molecule has 0 spiro atoms. The van der Waals surface area contributed by atoms with Gasteiger partial charge in [0.15, 0.2) is 5.69 Å². The fourth-order valence-corrected chi connectivity index (χ4v) is 4.08. The van der Waals surface area contributed by atoms with Crippen LogP contribution in [-0.2, 0) is 31.2 Å². The second-order valence-corrected chi connectivity index (χ2v) is 7.89. The summed E-state index contributed by atoms with van der Waals surface area (Å²) in [6.07, 6.45) is 0.967. The van der Waals surface area contributed by atoms with E-state index in [4.69, 9.17) is 9.26 Å². The number of halogens is 1. The van der Waals surface area contributed by atoms with Gasteiger partial charge in [0.05, 0.1) is 19.1 Å². The van der Waals surface area contributed by atoms with E-state index in [0.717, 1.165) is 22.6 Å². The summed E-state index contributed by atoms with van der Waals surface area (Å²) in [4.78, 5) is 19.2. The van der Waals surface area contributed by atoms with Crippen LogP contribution in [0.2, 0.25) is 0 Å². The number of carbonyl (C=O) groups is 1. The number of carbonyl (C=O) groups excluding carboxylic acids is 1. The number of hydrogen-bond donors (Lipinski definition) is 0. The maximum absolute atomic E-state index is 14.1. The fourth-order valence-electron chi connectivity index (χ4n) is 4.08. The van der Waals surface area contributed by atoms with Crippen molar-refractivity contribution in [2.75, 3.05) is 13.7 Å². The molecule has 0 saturated heterocycles. The fraction of sp³-hybridized carbons (Fsp3) is 0.250. The third kappa shape index (κ3) is 3.97. The van der Waals surface area contributed by atoms with E-state index in [1.807, 2.05) is 36.2 Å². The number of ether oxygens (including phenoxy) is 1. The lowest BCUT2D eigenvalue weighted by Crippen LogP contribution is -2.37. The topological polar surface area (TPSA) is 86.3 Å². The van der Waals surface area contributed by atoms with Gasteiger partial charge in [0.1, 0.15) is 11.6 Å². The maximum atomic E-state index is 14.1. The van der Waals surface area contributed by atoms with Crippen molar-refractivity contribution in [1.82, 2.24) is 24.8 Å². The smallest absolute Gasteiger partial charge is 0.279 e. The zero-order valence-corrected chi connectivity index (χ0v) is 18.3. The van der Waals surface area contributed by atoms with Gasteiger partial charge in [-0.25, -0.2) is 4.39 Å². The molecular formula is C24H22FN5O3. The van der Waals surface area contributed by atoms with Gasteiger partial charge in [-0.05, 0) is 29.8 Å². The summed E-state index contributed by atoms with van der Waals surface area (Å²) in [5, 5.41) is 8.50. The van der Waals surface area contributed by atoms with Crippen molar-refractivity contribution in [3.63, 3.8) is 0 Å². The van der Waals surface area contributed by atoms with Gasteiger partial charge in [-0.2, -0.15) is 10.1 Å². The molecule has 2 aromatic heterocycles. The highest BCUT2D eigenvalue weighted by Crippen LogP contribution is 2.31. The lowest BCUT2D eigenvalue weighted by atomic mass is 10.0. The third-order valence-electron chi connectivity index (χ3n) is 5.85. The Bertz CT molecular complexity index is 1310. The van der Waals surface area contributed by atoms with Crippen molar-refractivity contribution in [2.45, 2.75) is 19.4 Å². The lowest BCUT2D eigenvalue weighted by molar-refractivity contribution is -0.131. The molecule has 0 radical (unpaired) electrons. The zero-order chi connectivity index (χ0) is 22.9. The number of nitrogens with zero attached hydrogens (tertiary/aromatic N) is 5. The van der Waals surface area contributed by atoms with Crippen molar-refractivity contribution < 1.29 is 18.4 Å². The van der Waals surface area contributed by atoms with Crippen molar-refractivity contribution in [3.05, 3.63) is 71.2 Å². The van der Waals surface area contributed by atoms with Gasteiger partial charge in [0, 0.05) is 37.8 Å². The van der Waals surface area contributed by atoms with Crippen LogP contribution in [0.5, 0.6) is 5.75 Å². The van der Waals surface area contributed by atoms with E-state index in [2.05, 4.69) is 15.2 Å². The van der Waals surface area contributed by atoms with Crippen LogP contribution in [0.1, 0.15) is 16.8 Å². The maximum Gasteiger partial charge on any atom is 0.279 e. The monoisotopic (exact) mass is 447 g/mol. The van der Waals surface area contributed by atoms with Gasteiger partial charge in [-0.1, -0.05) is 29.4 Å². The predicted molar refractivity (Wildman–Crippen MR) is 118 cm³/mol. The normalized spacial score (nSPS) is 13.1. The number of aryl methyl sites for hydroxylation is 1. The largest absolute Gasteiger partial charge is 0.497 e. The van der Waals surface area contributed by atoms with Crippen molar-refractivity contribution in [3.8, 4) is 28.7 Å². The molecular weight excluding hydrogens is 425 g/mol. The average Bonchev–Trinajstić information content (AvgIpc) is 3.44. The molecule has 0 N–H and O–H groups in total. The van der Waals surface area contributed by atoms with Gasteiger partial charge in [-0.15, -0.1) is 0 Å². The molecule has 2 aromatic carbocycles. The highest BCUT2D eigenvalue weighted by atomic mass is 19.1. The molecule has 0 atom stereocenters. The van der Waals surface area contributed by atoms with Gasteiger partial charge in [0.25, 0.3) is 5.89 Å². The first-order valence-corrected chi connectivity index (χ1v) is 10.6. The summed E-state index contributed by atoms with van der Waals surface area (Å²) in [5.74, 6) is 0.713. The molecule has 1 amide bonds. The first kappa shape index (κ1) is 20.9. The minimum absolute atomic E-state index is 0.0261. The number of aromatic nitrogens is 4. The minimum atomic E-state index is -0.428.